The normalized spacial score (nSPS) is 34.1. The number of nitrogens with zero attached hydrogens (tertiary/aromatic N) is 6. The third-order valence-corrected chi connectivity index (χ3v) is 17.8. The van der Waals surface area contributed by atoms with E-state index in [0.717, 1.165) is 0 Å². The summed E-state index contributed by atoms with van der Waals surface area (Å²) in [6, 6.07) is 46.7. The number of likely N-dealkylation sites (tertiary alicyclic amines) is 2. The van der Waals surface area contributed by atoms with E-state index in [0.29, 0.717) is 35.5 Å². The minimum Gasteiger partial charge on any atom is -0.300 e. The highest BCUT2D eigenvalue weighted by Gasteiger charge is 2.55. The molecule has 0 aromatic heterocycles. The first-order chi connectivity index (χ1) is 30.6. The van der Waals surface area contributed by atoms with Gasteiger partial charge in [-0.05, 0) is 135 Å². The average Bonchev–Trinajstić information content (AvgIpc) is 3.98. The van der Waals surface area contributed by atoms with Crippen LogP contribution in [0.4, 0.5) is 0 Å². The molecular formula is C56H74N6. The Hall–Kier alpha value is -3.36. The van der Waals surface area contributed by atoms with Crippen LogP contribution in [0.3, 0.4) is 0 Å². The SMILES string of the molecule is c1ccc(C2CC3(N4CCCC4)CC(c4ccccc4)C2CN(CCN2CCN(CCN4CC5C(c6ccccc6)CC(N6CCCC6)(CC5c5ccccc5)C4)CC2)C3)cc1. The number of hydrogen-bond donors (Lipinski definition) is 0. The van der Waals surface area contributed by atoms with Crippen LogP contribution in [0.2, 0.25) is 0 Å². The van der Waals surface area contributed by atoms with E-state index in [1.165, 1.54) is 156 Å². The summed E-state index contributed by atoms with van der Waals surface area (Å²) in [4.78, 5) is 17.5. The quantitative estimate of drug-likeness (QED) is 0.141. The Morgan fingerprint density at radius 1 is 0.339 bits per heavy atom. The first-order valence-electron chi connectivity index (χ1n) is 25.2. The summed E-state index contributed by atoms with van der Waals surface area (Å²) < 4.78 is 0. The smallest absolute Gasteiger partial charge is 0.0348 e. The monoisotopic (exact) mass is 831 g/mol. The number of fused-ring (bicyclic) bond motifs is 8. The number of hydrogen-bond acceptors (Lipinski definition) is 6. The molecule has 4 atom stereocenters. The van der Waals surface area contributed by atoms with E-state index in [9.17, 15) is 0 Å². The van der Waals surface area contributed by atoms with Crippen molar-refractivity contribution < 1.29 is 0 Å². The summed E-state index contributed by atoms with van der Waals surface area (Å²) in [5.41, 5.74) is 6.81. The van der Waals surface area contributed by atoms with Crippen LogP contribution in [0, 0.1) is 11.8 Å². The molecule has 4 aromatic rings. The second-order valence-electron chi connectivity index (χ2n) is 21.2. The van der Waals surface area contributed by atoms with Crippen molar-refractivity contribution in [3.05, 3.63) is 144 Å². The molecule has 0 spiro atoms. The topological polar surface area (TPSA) is 19.4 Å². The first kappa shape index (κ1) is 41.4. The van der Waals surface area contributed by atoms with Gasteiger partial charge in [-0.3, -0.25) is 29.4 Å². The van der Waals surface area contributed by atoms with Crippen LogP contribution in [-0.4, -0.2) is 145 Å². The molecule has 13 rings (SSSR count). The fourth-order valence-electron chi connectivity index (χ4n) is 14.8. The minimum atomic E-state index is 0.256. The lowest BCUT2D eigenvalue weighted by molar-refractivity contribution is 0.0379. The Balaban J connectivity index is 0.756. The molecule has 9 fully saturated rings. The summed E-state index contributed by atoms with van der Waals surface area (Å²) in [5, 5.41) is 0. The fraction of sp³-hybridized carbons (Fsp3) is 0.571. The van der Waals surface area contributed by atoms with Gasteiger partial charge in [0.05, 0.1) is 0 Å². The van der Waals surface area contributed by atoms with Gasteiger partial charge in [-0.2, -0.15) is 0 Å². The Bertz CT molecular complexity index is 1760. The summed E-state index contributed by atoms with van der Waals surface area (Å²) in [6.07, 6.45) is 10.7. The van der Waals surface area contributed by atoms with E-state index in [-0.39, 0.29) is 11.1 Å². The second-order valence-corrected chi connectivity index (χ2v) is 21.2. The van der Waals surface area contributed by atoms with E-state index < -0.39 is 0 Å². The van der Waals surface area contributed by atoms with E-state index in [1.807, 2.05) is 0 Å². The summed E-state index contributed by atoms with van der Waals surface area (Å²) >= 11 is 0. The van der Waals surface area contributed by atoms with E-state index in [4.69, 9.17) is 0 Å². The lowest BCUT2D eigenvalue weighted by Crippen LogP contribution is -2.57. The molecule has 2 saturated carbocycles. The van der Waals surface area contributed by atoms with Crippen molar-refractivity contribution in [2.75, 3.05) is 105 Å². The predicted molar refractivity (Wildman–Crippen MR) is 255 cm³/mol. The van der Waals surface area contributed by atoms with Crippen molar-refractivity contribution in [3.63, 3.8) is 0 Å². The molecule has 7 saturated heterocycles. The number of rotatable bonds is 12. The molecule has 6 heteroatoms. The molecule has 0 amide bonds. The average molecular weight is 831 g/mol. The summed E-state index contributed by atoms with van der Waals surface area (Å²) in [5.74, 6) is 3.76. The standard InChI is InChI=1S/C56H74N6/c1-5-17-45(18-6-1)49-37-55(61-25-13-14-26-61)38-50(46-19-7-2-8-20-46)53(49)41-59(43-55)35-33-57-29-31-58(32-30-57)34-36-60-42-54-51(47-21-9-3-10-22-47)39-56(44-60,62-27-15-16-28-62)40-52(54)48-23-11-4-12-24-48/h1-12,17-24,49-54H,13-16,25-44H2. The lowest BCUT2D eigenvalue weighted by atomic mass is 9.61. The summed E-state index contributed by atoms with van der Waals surface area (Å²) in [7, 11) is 0. The van der Waals surface area contributed by atoms with Crippen LogP contribution in [0.5, 0.6) is 0 Å². The third kappa shape index (κ3) is 8.38. The molecule has 6 nitrogen and oxygen atoms in total. The highest BCUT2D eigenvalue weighted by molar-refractivity contribution is 5.33. The molecule has 0 radical (unpaired) electrons. The first-order valence-corrected chi connectivity index (χ1v) is 25.2. The molecule has 4 bridgehead atoms. The van der Waals surface area contributed by atoms with Crippen molar-refractivity contribution >= 4 is 0 Å². The van der Waals surface area contributed by atoms with Gasteiger partial charge in [-0.15, -0.1) is 0 Å². The maximum absolute atomic E-state index is 2.97. The fourth-order valence-corrected chi connectivity index (χ4v) is 14.8. The highest BCUT2D eigenvalue weighted by atomic mass is 15.3. The second kappa shape index (κ2) is 18.3. The van der Waals surface area contributed by atoms with Gasteiger partial charge in [0.1, 0.15) is 0 Å². The molecule has 2 aliphatic carbocycles. The molecule has 0 N–H and O–H groups in total. The van der Waals surface area contributed by atoms with Gasteiger partial charge in [0.25, 0.3) is 0 Å². The predicted octanol–water partition coefficient (Wildman–Crippen LogP) is 8.86. The minimum absolute atomic E-state index is 0.256. The van der Waals surface area contributed by atoms with E-state index in [1.54, 1.807) is 22.3 Å². The maximum Gasteiger partial charge on any atom is 0.0348 e. The maximum atomic E-state index is 2.97. The Morgan fingerprint density at radius 2 is 0.613 bits per heavy atom. The van der Waals surface area contributed by atoms with Gasteiger partial charge in [-0.25, -0.2) is 0 Å². The van der Waals surface area contributed by atoms with E-state index >= 15 is 0 Å². The van der Waals surface area contributed by atoms with Crippen LogP contribution >= 0.6 is 0 Å². The van der Waals surface area contributed by atoms with Crippen molar-refractivity contribution in [3.8, 4) is 0 Å². The molecule has 9 aliphatic rings. The zero-order chi connectivity index (χ0) is 41.4. The molecule has 328 valence electrons. The Labute approximate surface area is 374 Å². The number of benzene rings is 4. The van der Waals surface area contributed by atoms with Gasteiger partial charge in [-0.1, -0.05) is 121 Å². The zero-order valence-corrected chi connectivity index (χ0v) is 37.7. The zero-order valence-electron chi connectivity index (χ0n) is 37.7. The third-order valence-electron chi connectivity index (χ3n) is 17.8. The number of piperazine rings is 1. The van der Waals surface area contributed by atoms with Crippen LogP contribution < -0.4 is 0 Å². The van der Waals surface area contributed by atoms with Gasteiger partial charge in [0.15, 0.2) is 0 Å². The van der Waals surface area contributed by atoms with Gasteiger partial charge in [0.2, 0.25) is 0 Å². The van der Waals surface area contributed by atoms with Gasteiger partial charge >= 0.3 is 0 Å². The van der Waals surface area contributed by atoms with Crippen molar-refractivity contribution in [2.24, 2.45) is 11.8 Å². The van der Waals surface area contributed by atoms with Crippen LogP contribution in [0.15, 0.2) is 121 Å². The van der Waals surface area contributed by atoms with Crippen LogP contribution in [0.1, 0.15) is 97.3 Å². The van der Waals surface area contributed by atoms with Crippen LogP contribution in [0.25, 0.3) is 0 Å². The van der Waals surface area contributed by atoms with Crippen molar-refractivity contribution in [1.82, 2.24) is 29.4 Å². The van der Waals surface area contributed by atoms with Gasteiger partial charge < -0.3 is 0 Å². The molecule has 4 unspecified atom stereocenters. The largest absolute Gasteiger partial charge is 0.300 e. The molecule has 7 aliphatic heterocycles. The summed E-state index contributed by atoms with van der Waals surface area (Å²) in [6.45, 7) is 19.7. The lowest BCUT2D eigenvalue weighted by Gasteiger charge is -2.51. The molecule has 62 heavy (non-hydrogen) atoms. The van der Waals surface area contributed by atoms with Crippen molar-refractivity contribution in [2.45, 2.75) is 86.1 Å². The Morgan fingerprint density at radius 3 is 0.903 bits per heavy atom. The highest BCUT2D eigenvalue weighted by Crippen LogP contribution is 2.57. The Kier molecular flexibility index (Phi) is 12.2. The van der Waals surface area contributed by atoms with Gasteiger partial charge in [0, 0.05) is 89.6 Å². The van der Waals surface area contributed by atoms with Crippen molar-refractivity contribution in [1.29, 1.82) is 0 Å². The molecular weight excluding hydrogens is 757 g/mol. The van der Waals surface area contributed by atoms with Crippen LogP contribution in [-0.2, 0) is 0 Å². The van der Waals surface area contributed by atoms with E-state index in [2.05, 4.69) is 151 Å². The molecule has 7 heterocycles. The molecule has 4 aromatic carbocycles.